The van der Waals surface area contributed by atoms with Gasteiger partial charge in [0.15, 0.2) is 11.6 Å². The first-order chi connectivity index (χ1) is 17.0. The molecule has 0 spiro atoms. The maximum Gasteiger partial charge on any atom is 0.307 e. The molecule has 0 saturated carbocycles. The van der Waals surface area contributed by atoms with E-state index in [-0.39, 0.29) is 19.3 Å². The van der Waals surface area contributed by atoms with Crippen LogP contribution in [-0.4, -0.2) is 46.1 Å². The predicted molar refractivity (Wildman–Crippen MR) is 146 cm³/mol. The molecular weight excluding hydrogens is 456 g/mol. The third-order valence-corrected chi connectivity index (χ3v) is 6.78. The highest BCUT2D eigenvalue weighted by molar-refractivity contribution is 6.12. The highest BCUT2D eigenvalue weighted by Gasteiger charge is 2.53. The smallest absolute Gasteiger partial charge is 0.307 e. The lowest BCUT2D eigenvalue weighted by molar-refractivity contribution is -0.188. The maximum atomic E-state index is 13.4. The van der Waals surface area contributed by atoms with E-state index >= 15 is 0 Å². The Morgan fingerprint density at radius 2 is 0.972 bits per heavy atom. The summed E-state index contributed by atoms with van der Waals surface area (Å²) in [4.78, 5) is 39.6. The number of ether oxygens (including phenoxy) is 1. The molecule has 0 radical (unpaired) electrons. The van der Waals surface area contributed by atoms with E-state index < -0.39 is 35.8 Å². The SMILES string of the molecule is CC(C)CCCCCC(=O)OC(C(=O)CCCCCC(C)C)(C(=O)CCCCCC(C)C)C(O)CO. The molecule has 212 valence electrons. The molecule has 0 amide bonds. The quantitative estimate of drug-likeness (QED) is 0.0911. The first kappa shape index (κ1) is 34.7. The Hall–Kier alpha value is -1.27. The molecule has 6 nitrogen and oxygen atoms in total. The van der Waals surface area contributed by atoms with Crippen LogP contribution in [0, 0.1) is 17.8 Å². The lowest BCUT2D eigenvalue weighted by Gasteiger charge is -2.34. The van der Waals surface area contributed by atoms with Gasteiger partial charge in [0.1, 0.15) is 6.10 Å². The average Bonchev–Trinajstić information content (AvgIpc) is 2.80. The van der Waals surface area contributed by atoms with Crippen molar-refractivity contribution in [3.05, 3.63) is 0 Å². The molecule has 0 aromatic carbocycles. The molecule has 1 atom stereocenters. The summed E-state index contributed by atoms with van der Waals surface area (Å²) < 4.78 is 5.58. The number of ketones is 2. The van der Waals surface area contributed by atoms with Crippen LogP contribution in [0.4, 0.5) is 0 Å². The topological polar surface area (TPSA) is 101 Å². The molecule has 0 fully saturated rings. The third-order valence-electron chi connectivity index (χ3n) is 6.78. The minimum absolute atomic E-state index is 0.0376. The van der Waals surface area contributed by atoms with Crippen LogP contribution in [0.15, 0.2) is 0 Å². The largest absolute Gasteiger partial charge is 0.440 e. The van der Waals surface area contributed by atoms with Crippen molar-refractivity contribution in [3.8, 4) is 0 Å². The number of esters is 1. The Labute approximate surface area is 221 Å². The van der Waals surface area contributed by atoms with Crippen molar-refractivity contribution in [2.45, 2.75) is 150 Å². The fourth-order valence-electron chi connectivity index (χ4n) is 4.47. The van der Waals surface area contributed by atoms with Crippen LogP contribution in [0.1, 0.15) is 138 Å². The highest BCUT2D eigenvalue weighted by Crippen LogP contribution is 2.27. The highest BCUT2D eigenvalue weighted by atomic mass is 16.6. The van der Waals surface area contributed by atoms with Gasteiger partial charge in [-0.15, -0.1) is 0 Å². The third kappa shape index (κ3) is 14.5. The molecule has 2 N–H and O–H groups in total. The van der Waals surface area contributed by atoms with Crippen molar-refractivity contribution >= 4 is 17.5 Å². The zero-order valence-corrected chi connectivity index (χ0v) is 24.2. The molecule has 36 heavy (non-hydrogen) atoms. The van der Waals surface area contributed by atoms with Crippen LogP contribution in [0.5, 0.6) is 0 Å². The van der Waals surface area contributed by atoms with Gasteiger partial charge >= 0.3 is 5.97 Å². The summed E-state index contributed by atoms with van der Waals surface area (Å²) in [5.74, 6) is -0.0820. The van der Waals surface area contributed by atoms with Crippen molar-refractivity contribution in [3.63, 3.8) is 0 Å². The molecule has 0 aromatic rings. The Morgan fingerprint density at radius 1 is 0.611 bits per heavy atom. The van der Waals surface area contributed by atoms with Gasteiger partial charge in [-0.3, -0.25) is 14.4 Å². The fourth-order valence-corrected chi connectivity index (χ4v) is 4.47. The van der Waals surface area contributed by atoms with E-state index in [1.807, 2.05) is 0 Å². The number of hydrogen-bond acceptors (Lipinski definition) is 6. The Balaban J connectivity index is 5.39. The van der Waals surface area contributed by atoms with E-state index in [2.05, 4.69) is 41.5 Å². The van der Waals surface area contributed by atoms with Gasteiger partial charge in [-0.25, -0.2) is 0 Å². The number of aliphatic hydroxyl groups is 2. The van der Waals surface area contributed by atoms with E-state index in [9.17, 15) is 24.6 Å². The van der Waals surface area contributed by atoms with Crippen molar-refractivity contribution in [2.75, 3.05) is 6.61 Å². The first-order valence-corrected chi connectivity index (χ1v) is 14.5. The molecule has 0 saturated heterocycles. The number of hydrogen-bond donors (Lipinski definition) is 2. The zero-order chi connectivity index (χ0) is 27.6. The molecule has 0 aromatic heterocycles. The van der Waals surface area contributed by atoms with E-state index in [1.54, 1.807) is 0 Å². The van der Waals surface area contributed by atoms with Crippen molar-refractivity contribution in [1.29, 1.82) is 0 Å². The van der Waals surface area contributed by atoms with E-state index in [4.69, 9.17) is 4.74 Å². The number of carbonyl (C=O) groups excluding carboxylic acids is 3. The van der Waals surface area contributed by atoms with Crippen LogP contribution in [0.2, 0.25) is 0 Å². The van der Waals surface area contributed by atoms with Crippen LogP contribution < -0.4 is 0 Å². The number of unbranched alkanes of at least 4 members (excludes halogenated alkanes) is 6. The number of rotatable bonds is 23. The zero-order valence-electron chi connectivity index (χ0n) is 24.2. The second kappa shape index (κ2) is 19.8. The maximum absolute atomic E-state index is 13.4. The van der Waals surface area contributed by atoms with Gasteiger partial charge in [-0.2, -0.15) is 0 Å². The molecule has 0 heterocycles. The molecule has 0 aliphatic heterocycles. The predicted octanol–water partition coefficient (Wildman–Crippen LogP) is 6.58. The van der Waals surface area contributed by atoms with Gasteiger partial charge < -0.3 is 14.9 Å². The summed E-state index contributed by atoms with van der Waals surface area (Å²) in [6.07, 6.45) is 8.75. The second-order valence-corrected chi connectivity index (χ2v) is 11.7. The normalized spacial score (nSPS) is 13.0. The second-order valence-electron chi connectivity index (χ2n) is 11.7. The molecular formula is C30H56O6. The lowest BCUT2D eigenvalue weighted by atomic mass is 9.82. The van der Waals surface area contributed by atoms with Crippen LogP contribution in [0.25, 0.3) is 0 Å². The molecule has 0 aliphatic carbocycles. The summed E-state index contributed by atoms with van der Waals surface area (Å²) in [6.45, 7) is 12.1. The van der Waals surface area contributed by atoms with E-state index in [1.165, 1.54) is 0 Å². The van der Waals surface area contributed by atoms with Gasteiger partial charge in [-0.05, 0) is 37.0 Å². The van der Waals surface area contributed by atoms with Crippen molar-refractivity contribution in [1.82, 2.24) is 0 Å². The summed E-state index contributed by atoms with van der Waals surface area (Å²) in [5.41, 5.74) is -2.31. The van der Waals surface area contributed by atoms with Gasteiger partial charge in [0.25, 0.3) is 5.60 Å². The summed E-state index contributed by atoms with van der Waals surface area (Å²) in [7, 11) is 0. The van der Waals surface area contributed by atoms with E-state index in [0.717, 1.165) is 57.8 Å². The molecule has 0 rings (SSSR count). The van der Waals surface area contributed by atoms with E-state index in [0.29, 0.717) is 37.0 Å². The molecule has 1 unspecified atom stereocenters. The summed E-state index contributed by atoms with van der Waals surface area (Å²) in [5, 5.41) is 20.5. The van der Waals surface area contributed by atoms with Gasteiger partial charge in [0, 0.05) is 19.3 Å². The average molecular weight is 513 g/mol. The lowest BCUT2D eigenvalue weighted by Crippen LogP contribution is -2.60. The molecule has 0 bridgehead atoms. The summed E-state index contributed by atoms with van der Waals surface area (Å²) in [6, 6.07) is 0. The Morgan fingerprint density at radius 3 is 1.31 bits per heavy atom. The standard InChI is InChI=1S/C30H56O6/c1-23(2)16-10-7-13-19-26(32)30(28(34)22-31,27(33)20-14-8-11-17-24(3)4)36-29(35)21-15-9-12-18-25(5)6/h23-25,28,31,34H,7-22H2,1-6H3. The minimum Gasteiger partial charge on any atom is -0.440 e. The first-order valence-electron chi connectivity index (χ1n) is 14.5. The summed E-state index contributed by atoms with van der Waals surface area (Å²) >= 11 is 0. The van der Waals surface area contributed by atoms with Crippen molar-refractivity contribution < 1.29 is 29.3 Å². The molecule has 0 aliphatic rings. The number of Topliss-reactive ketones (excluding diaryl/α,β-unsaturated/α-hetero) is 2. The fraction of sp³-hybridized carbons (Fsp3) is 0.900. The van der Waals surface area contributed by atoms with Crippen molar-refractivity contribution in [2.24, 2.45) is 17.8 Å². The van der Waals surface area contributed by atoms with Gasteiger partial charge in [0.05, 0.1) is 6.61 Å². The monoisotopic (exact) mass is 512 g/mol. The Kier molecular flexibility index (Phi) is 19.1. The van der Waals surface area contributed by atoms with Crippen LogP contribution in [-0.2, 0) is 19.1 Å². The van der Waals surface area contributed by atoms with Crippen LogP contribution in [0.3, 0.4) is 0 Å². The minimum atomic E-state index is -2.31. The Bertz CT molecular complexity index is 581. The van der Waals surface area contributed by atoms with Gasteiger partial charge in [-0.1, -0.05) is 99.3 Å². The van der Waals surface area contributed by atoms with Crippen LogP contribution >= 0.6 is 0 Å². The number of carbonyl (C=O) groups is 3. The van der Waals surface area contributed by atoms with Gasteiger partial charge in [0.2, 0.25) is 0 Å². The number of aliphatic hydroxyl groups excluding tert-OH is 2. The molecule has 6 heteroatoms.